The lowest BCUT2D eigenvalue weighted by Gasteiger charge is -2.36. The second-order valence-electron chi connectivity index (χ2n) is 7.32. The van der Waals surface area contributed by atoms with Gasteiger partial charge in [-0.15, -0.1) is 0 Å². The van der Waals surface area contributed by atoms with Crippen LogP contribution in [0.15, 0.2) is 47.5 Å². The summed E-state index contributed by atoms with van der Waals surface area (Å²) < 4.78 is 33.1. The van der Waals surface area contributed by atoms with Gasteiger partial charge in [-0.05, 0) is 49.3 Å². The Hall–Kier alpha value is -1.53. The third kappa shape index (κ3) is 3.53. The number of aromatic nitrogens is 1. The van der Waals surface area contributed by atoms with Gasteiger partial charge in [0.2, 0.25) is 0 Å². The Morgan fingerprint density at radius 1 is 1.04 bits per heavy atom. The Balaban J connectivity index is 2.43. The van der Waals surface area contributed by atoms with E-state index in [-0.39, 0.29) is 9.93 Å². The first-order valence-electron chi connectivity index (χ1n) is 7.64. The molecule has 126 valence electrons. The number of aryl methyl sites for hydroxylation is 1. The van der Waals surface area contributed by atoms with Crippen molar-refractivity contribution in [3.05, 3.63) is 48.2 Å². The predicted molar refractivity (Wildman–Crippen MR) is 96.0 cm³/mol. The Morgan fingerprint density at radius 2 is 1.61 bits per heavy atom. The van der Waals surface area contributed by atoms with Crippen LogP contribution in [-0.4, -0.2) is 20.7 Å². The monoisotopic (exact) mass is 351 g/mol. The minimum Gasteiger partial charge on any atom is -0.531 e. The summed E-state index contributed by atoms with van der Waals surface area (Å²) in [5.74, 6) is 0.386. The molecule has 0 saturated carbocycles. The van der Waals surface area contributed by atoms with Gasteiger partial charge in [-0.25, -0.2) is 12.4 Å². The topological polar surface area (TPSA) is 48.3 Å². The van der Waals surface area contributed by atoms with Crippen LogP contribution in [0.5, 0.6) is 5.88 Å². The maximum absolute atomic E-state index is 12.9. The van der Waals surface area contributed by atoms with Crippen LogP contribution in [0.25, 0.3) is 0 Å². The van der Waals surface area contributed by atoms with E-state index in [0.29, 0.717) is 5.88 Å². The molecule has 0 unspecified atom stereocenters. The summed E-state index contributed by atoms with van der Waals surface area (Å²) in [4.78, 5) is 0.263. The average molecular weight is 352 g/mol. The summed E-state index contributed by atoms with van der Waals surface area (Å²) in [5, 5.41) is -0.00425. The predicted octanol–water partition coefficient (Wildman–Crippen LogP) is 4.42. The molecule has 0 atom stereocenters. The van der Waals surface area contributed by atoms with Crippen LogP contribution in [0, 0.1) is 6.92 Å². The molecule has 0 saturated heterocycles. The van der Waals surface area contributed by atoms with Gasteiger partial charge in [-0.3, -0.25) is 0 Å². The van der Waals surface area contributed by atoms with Crippen molar-refractivity contribution in [2.45, 2.75) is 50.7 Å². The highest BCUT2D eigenvalue weighted by Crippen LogP contribution is 2.38. The van der Waals surface area contributed by atoms with Crippen LogP contribution in [0.4, 0.5) is 0 Å². The molecule has 4 nitrogen and oxygen atoms in total. The summed E-state index contributed by atoms with van der Waals surface area (Å²) >= 11 is 0. The molecule has 1 heterocycles. The van der Waals surface area contributed by atoms with E-state index in [1.54, 1.807) is 36.4 Å². The number of hydrogen-bond donors (Lipinski definition) is 0. The Bertz CT molecular complexity index is 784. The molecular weight excluding hydrogens is 326 g/mol. The highest BCUT2D eigenvalue weighted by molar-refractivity contribution is 7.90. The van der Waals surface area contributed by atoms with Crippen molar-refractivity contribution in [2.24, 2.45) is 0 Å². The zero-order valence-corrected chi connectivity index (χ0v) is 16.4. The van der Waals surface area contributed by atoms with Gasteiger partial charge in [-0.2, -0.15) is 0 Å². The molecule has 23 heavy (non-hydrogen) atoms. The van der Waals surface area contributed by atoms with Gasteiger partial charge < -0.3 is 4.43 Å². The molecule has 2 rings (SSSR count). The molecular formula is C17H25NO3SSi. The van der Waals surface area contributed by atoms with E-state index in [4.69, 9.17) is 4.43 Å². The van der Waals surface area contributed by atoms with Gasteiger partial charge in [0.15, 0.2) is 5.88 Å². The van der Waals surface area contributed by atoms with Crippen LogP contribution >= 0.6 is 0 Å². The Kier molecular flexibility index (Phi) is 4.52. The third-order valence-electron chi connectivity index (χ3n) is 4.42. The van der Waals surface area contributed by atoms with E-state index in [1.165, 1.54) is 10.2 Å². The fourth-order valence-corrected chi connectivity index (χ4v) is 4.20. The summed E-state index contributed by atoms with van der Waals surface area (Å²) in [6.45, 7) is 12.5. The molecule has 0 bridgehead atoms. The number of hydrogen-bond acceptors (Lipinski definition) is 3. The highest BCUT2D eigenvalue weighted by atomic mass is 32.2. The molecule has 0 radical (unpaired) electrons. The van der Waals surface area contributed by atoms with Crippen molar-refractivity contribution in [3.63, 3.8) is 0 Å². The van der Waals surface area contributed by atoms with E-state index in [9.17, 15) is 8.42 Å². The summed E-state index contributed by atoms with van der Waals surface area (Å²) in [7, 11) is -5.76. The molecule has 0 aliphatic carbocycles. The first-order chi connectivity index (χ1) is 10.4. The smallest absolute Gasteiger partial charge is 0.270 e. The van der Waals surface area contributed by atoms with Crippen LogP contribution in [0.2, 0.25) is 18.1 Å². The molecule has 6 heteroatoms. The number of nitrogens with zero attached hydrogens (tertiary/aromatic N) is 1. The molecule has 0 spiro atoms. The van der Waals surface area contributed by atoms with E-state index in [1.807, 2.05) is 6.92 Å². The lowest BCUT2D eigenvalue weighted by Crippen LogP contribution is -2.44. The summed E-state index contributed by atoms with van der Waals surface area (Å²) in [6.07, 6.45) is 1.54. The number of benzene rings is 1. The van der Waals surface area contributed by atoms with E-state index in [0.717, 1.165) is 5.56 Å². The fourth-order valence-electron chi connectivity index (χ4n) is 1.87. The SMILES string of the molecule is Cc1ccc(S(=O)(=O)n2cccc2O[Si](C)(C)C(C)(C)C)cc1. The fraction of sp³-hybridized carbons (Fsp3) is 0.412. The minimum absolute atomic E-state index is 0.00425. The largest absolute Gasteiger partial charge is 0.531 e. The normalized spacial score (nSPS) is 13.1. The van der Waals surface area contributed by atoms with Gasteiger partial charge in [0, 0.05) is 6.20 Å². The van der Waals surface area contributed by atoms with Gasteiger partial charge in [0.05, 0.1) is 4.90 Å². The van der Waals surface area contributed by atoms with Crippen molar-refractivity contribution in [1.82, 2.24) is 3.97 Å². The molecule has 1 aromatic carbocycles. The van der Waals surface area contributed by atoms with Crippen molar-refractivity contribution in [1.29, 1.82) is 0 Å². The first-order valence-corrected chi connectivity index (χ1v) is 12.0. The third-order valence-corrected chi connectivity index (χ3v) is 10.4. The first kappa shape index (κ1) is 17.8. The van der Waals surface area contributed by atoms with Gasteiger partial charge in [0.25, 0.3) is 18.3 Å². The van der Waals surface area contributed by atoms with Crippen molar-refractivity contribution in [2.75, 3.05) is 0 Å². The lowest BCUT2D eigenvalue weighted by atomic mass is 10.2. The zero-order valence-electron chi connectivity index (χ0n) is 14.6. The van der Waals surface area contributed by atoms with Crippen molar-refractivity contribution >= 4 is 18.3 Å². The van der Waals surface area contributed by atoms with Crippen molar-refractivity contribution < 1.29 is 12.8 Å². The maximum atomic E-state index is 12.9. The molecule has 0 fully saturated rings. The molecule has 0 amide bonds. The van der Waals surface area contributed by atoms with Crippen molar-refractivity contribution in [3.8, 4) is 5.88 Å². The van der Waals surface area contributed by atoms with E-state index < -0.39 is 18.3 Å². The average Bonchev–Trinajstić information content (AvgIpc) is 2.86. The quantitative estimate of drug-likeness (QED) is 0.766. The van der Waals surface area contributed by atoms with E-state index in [2.05, 4.69) is 33.9 Å². The second kappa shape index (κ2) is 5.83. The van der Waals surface area contributed by atoms with Gasteiger partial charge >= 0.3 is 0 Å². The molecule has 1 aromatic heterocycles. The molecule has 0 aliphatic rings. The lowest BCUT2D eigenvalue weighted by molar-refractivity contribution is 0.469. The molecule has 0 aliphatic heterocycles. The zero-order chi connectivity index (χ0) is 17.5. The highest BCUT2D eigenvalue weighted by Gasteiger charge is 2.40. The van der Waals surface area contributed by atoms with Crippen LogP contribution in [0.3, 0.4) is 0 Å². The number of rotatable bonds is 4. The van der Waals surface area contributed by atoms with Crippen LogP contribution in [0.1, 0.15) is 26.3 Å². The standard InChI is InChI=1S/C17H25NO3SSi/c1-14-9-11-15(12-10-14)22(19,20)18-13-7-8-16(18)21-23(5,6)17(2,3)4/h7-13H,1-6H3. The van der Waals surface area contributed by atoms with Crippen LogP contribution in [-0.2, 0) is 10.0 Å². The van der Waals surface area contributed by atoms with E-state index >= 15 is 0 Å². The van der Waals surface area contributed by atoms with Crippen LogP contribution < -0.4 is 4.43 Å². The molecule has 0 N–H and O–H groups in total. The summed E-state index contributed by atoms with van der Waals surface area (Å²) in [6, 6.07) is 10.3. The van der Waals surface area contributed by atoms with Gasteiger partial charge in [0.1, 0.15) is 0 Å². The van der Waals surface area contributed by atoms with Gasteiger partial charge in [-0.1, -0.05) is 38.5 Å². The second-order valence-corrected chi connectivity index (χ2v) is 13.9. The Morgan fingerprint density at radius 3 is 2.13 bits per heavy atom. The minimum atomic E-state index is -3.65. The Labute approximate surface area is 140 Å². The maximum Gasteiger partial charge on any atom is 0.270 e. The summed E-state index contributed by atoms with van der Waals surface area (Å²) in [5.41, 5.74) is 1.02. The molecule has 2 aromatic rings.